The van der Waals surface area contributed by atoms with Crippen LogP contribution >= 0.6 is 11.8 Å². The van der Waals surface area contributed by atoms with Crippen molar-refractivity contribution in [3.63, 3.8) is 0 Å². The van der Waals surface area contributed by atoms with Crippen molar-refractivity contribution in [2.45, 2.75) is 12.3 Å². The molecule has 2 aromatic carbocycles. The highest BCUT2D eigenvalue weighted by molar-refractivity contribution is 8.03. The van der Waals surface area contributed by atoms with Gasteiger partial charge in [0, 0.05) is 12.3 Å². The molecule has 6 nitrogen and oxygen atoms in total. The molecule has 0 aromatic heterocycles. The van der Waals surface area contributed by atoms with Crippen LogP contribution in [0.2, 0.25) is 0 Å². The Morgan fingerprint density at radius 1 is 1.10 bits per heavy atom. The second-order valence-corrected chi connectivity index (χ2v) is 7.74. The number of carbonyl (C=O) groups excluding carboxylic acids is 1. The van der Waals surface area contributed by atoms with Crippen LogP contribution in [0.25, 0.3) is 0 Å². The van der Waals surface area contributed by atoms with E-state index in [1.165, 1.54) is 11.8 Å². The van der Waals surface area contributed by atoms with Crippen molar-refractivity contribution < 1.29 is 14.3 Å². The number of ether oxygens (including phenoxy) is 2. The first kappa shape index (κ1) is 19.2. The number of nitrogens with zero attached hydrogens (tertiary/aromatic N) is 3. The summed E-state index contributed by atoms with van der Waals surface area (Å²) >= 11 is 1.52. The van der Waals surface area contributed by atoms with Crippen LogP contribution in [0, 0.1) is 11.3 Å². The molecule has 0 saturated carbocycles. The SMILES string of the molecule is COc1ccc(C2CC(=O)N3CN(c4ccccc4OC)CSC3=C2C#N)cc1. The van der Waals surface area contributed by atoms with Crippen LogP contribution in [0.15, 0.2) is 59.1 Å². The standard InChI is InChI=1S/C22H21N3O3S/c1-27-16-9-7-15(8-10-16)17-11-21(26)25-13-24(14-29-22(25)18(17)12-23)19-5-3-4-6-20(19)28-2/h3-10,17H,11,13-14H2,1-2H3. The Labute approximate surface area is 174 Å². The van der Waals surface area contributed by atoms with Crippen LogP contribution in [-0.4, -0.2) is 37.6 Å². The summed E-state index contributed by atoms with van der Waals surface area (Å²) in [5.41, 5.74) is 2.54. The highest BCUT2D eigenvalue weighted by Gasteiger charge is 2.38. The third-order valence-corrected chi connectivity index (χ3v) is 6.39. The van der Waals surface area contributed by atoms with E-state index in [0.29, 0.717) is 18.1 Å². The third-order valence-electron chi connectivity index (χ3n) is 5.24. The molecule has 2 heterocycles. The number of para-hydroxylation sites is 2. The van der Waals surface area contributed by atoms with Crippen molar-refractivity contribution in [3.8, 4) is 17.6 Å². The summed E-state index contributed by atoms with van der Waals surface area (Å²) in [5, 5.41) is 10.7. The summed E-state index contributed by atoms with van der Waals surface area (Å²) < 4.78 is 10.7. The zero-order valence-electron chi connectivity index (χ0n) is 16.3. The van der Waals surface area contributed by atoms with Crippen molar-refractivity contribution >= 4 is 23.4 Å². The molecule has 29 heavy (non-hydrogen) atoms. The number of benzene rings is 2. The van der Waals surface area contributed by atoms with E-state index in [9.17, 15) is 10.1 Å². The summed E-state index contributed by atoms with van der Waals surface area (Å²) in [7, 11) is 3.26. The Morgan fingerprint density at radius 2 is 1.86 bits per heavy atom. The number of methoxy groups -OCH3 is 2. The quantitative estimate of drug-likeness (QED) is 0.765. The van der Waals surface area contributed by atoms with E-state index in [0.717, 1.165) is 27.8 Å². The monoisotopic (exact) mass is 407 g/mol. The Kier molecular flexibility index (Phi) is 5.36. The Balaban J connectivity index is 1.65. The molecule has 0 bridgehead atoms. The molecule has 0 N–H and O–H groups in total. The van der Waals surface area contributed by atoms with Gasteiger partial charge in [0.15, 0.2) is 0 Å². The molecule has 1 saturated heterocycles. The highest BCUT2D eigenvalue weighted by Crippen LogP contribution is 2.44. The van der Waals surface area contributed by atoms with E-state index in [4.69, 9.17) is 9.47 Å². The van der Waals surface area contributed by atoms with Gasteiger partial charge in [-0.3, -0.25) is 9.69 Å². The fourth-order valence-corrected chi connectivity index (χ4v) is 4.88. The Morgan fingerprint density at radius 3 is 2.55 bits per heavy atom. The minimum Gasteiger partial charge on any atom is -0.497 e. The molecule has 7 heteroatoms. The van der Waals surface area contributed by atoms with Crippen molar-refractivity contribution in [2.24, 2.45) is 0 Å². The van der Waals surface area contributed by atoms with Gasteiger partial charge < -0.3 is 14.4 Å². The fourth-order valence-electron chi connectivity index (χ4n) is 3.73. The third kappa shape index (κ3) is 3.52. The zero-order valence-corrected chi connectivity index (χ0v) is 17.1. The van der Waals surface area contributed by atoms with Crippen molar-refractivity contribution in [2.75, 3.05) is 31.7 Å². The van der Waals surface area contributed by atoms with Gasteiger partial charge in [0.05, 0.1) is 49.1 Å². The number of fused-ring (bicyclic) bond motifs is 1. The summed E-state index contributed by atoms with van der Waals surface area (Å²) in [6, 6.07) is 17.7. The smallest absolute Gasteiger partial charge is 0.229 e. The molecule has 4 rings (SSSR count). The molecule has 0 aliphatic carbocycles. The van der Waals surface area contributed by atoms with Gasteiger partial charge >= 0.3 is 0 Å². The van der Waals surface area contributed by atoms with Gasteiger partial charge in [-0.15, -0.1) is 0 Å². The first-order valence-corrected chi connectivity index (χ1v) is 10.2. The van der Waals surface area contributed by atoms with E-state index >= 15 is 0 Å². The number of nitriles is 1. The van der Waals surface area contributed by atoms with E-state index in [-0.39, 0.29) is 18.2 Å². The molecule has 1 fully saturated rings. The molecule has 1 atom stereocenters. The summed E-state index contributed by atoms with van der Waals surface area (Å²) in [4.78, 5) is 16.8. The highest BCUT2D eigenvalue weighted by atomic mass is 32.2. The maximum Gasteiger partial charge on any atom is 0.229 e. The number of allylic oxidation sites excluding steroid dienone is 1. The number of thioether (sulfide) groups is 1. The molecule has 1 unspecified atom stereocenters. The maximum atomic E-state index is 13.0. The molecular weight excluding hydrogens is 386 g/mol. The van der Waals surface area contributed by atoms with Gasteiger partial charge in [-0.05, 0) is 29.8 Å². The maximum absolute atomic E-state index is 13.0. The molecule has 0 radical (unpaired) electrons. The van der Waals surface area contributed by atoms with Crippen LogP contribution in [0.4, 0.5) is 5.69 Å². The Hall–Kier alpha value is -3.11. The van der Waals surface area contributed by atoms with Gasteiger partial charge in [0.25, 0.3) is 0 Å². The predicted molar refractivity (Wildman–Crippen MR) is 113 cm³/mol. The van der Waals surface area contributed by atoms with Crippen molar-refractivity contribution in [1.29, 1.82) is 5.26 Å². The molecule has 0 spiro atoms. The van der Waals surface area contributed by atoms with Crippen LogP contribution < -0.4 is 14.4 Å². The lowest BCUT2D eigenvalue weighted by Gasteiger charge is -2.42. The van der Waals surface area contributed by atoms with E-state index in [1.54, 1.807) is 19.1 Å². The van der Waals surface area contributed by atoms with E-state index in [1.807, 2.05) is 48.5 Å². The molecule has 2 aromatic rings. The first-order valence-electron chi connectivity index (χ1n) is 9.25. The van der Waals surface area contributed by atoms with Crippen molar-refractivity contribution in [3.05, 3.63) is 64.7 Å². The molecular formula is C22H21N3O3S. The minimum absolute atomic E-state index is 0.0203. The summed E-state index contributed by atoms with van der Waals surface area (Å²) in [5.74, 6) is 1.95. The van der Waals surface area contributed by atoms with Gasteiger partial charge in [-0.2, -0.15) is 5.26 Å². The van der Waals surface area contributed by atoms with E-state index in [2.05, 4.69) is 11.0 Å². The summed E-state index contributed by atoms with van der Waals surface area (Å²) in [6.45, 7) is 0.405. The van der Waals surface area contributed by atoms with Gasteiger partial charge in [-0.25, -0.2) is 0 Å². The second-order valence-electron chi connectivity index (χ2n) is 6.81. The van der Waals surface area contributed by atoms with E-state index < -0.39 is 0 Å². The topological polar surface area (TPSA) is 65.8 Å². The number of rotatable bonds is 4. The van der Waals surface area contributed by atoms with Gasteiger partial charge in [-0.1, -0.05) is 36.0 Å². The first-order chi connectivity index (χ1) is 14.2. The number of carbonyl (C=O) groups is 1. The number of anilines is 1. The lowest BCUT2D eigenvalue weighted by molar-refractivity contribution is -0.129. The largest absolute Gasteiger partial charge is 0.497 e. The van der Waals surface area contributed by atoms with Gasteiger partial charge in [0.2, 0.25) is 5.91 Å². The summed E-state index contributed by atoms with van der Waals surface area (Å²) in [6.07, 6.45) is 0.277. The van der Waals surface area contributed by atoms with Crippen LogP contribution in [0.3, 0.4) is 0 Å². The van der Waals surface area contributed by atoms with Crippen LogP contribution in [0.5, 0.6) is 11.5 Å². The molecule has 1 amide bonds. The zero-order chi connectivity index (χ0) is 20.4. The average molecular weight is 407 g/mol. The number of amides is 1. The normalized spacial score (nSPS) is 18.9. The fraction of sp³-hybridized carbons (Fsp3) is 0.273. The molecule has 2 aliphatic heterocycles. The Bertz CT molecular complexity index is 997. The predicted octanol–water partition coefficient (Wildman–Crippen LogP) is 3.92. The second kappa shape index (κ2) is 8.10. The molecule has 148 valence electrons. The molecule has 2 aliphatic rings. The van der Waals surface area contributed by atoms with Gasteiger partial charge in [0.1, 0.15) is 11.5 Å². The number of hydrogen-bond acceptors (Lipinski definition) is 6. The number of hydrogen-bond donors (Lipinski definition) is 0. The lowest BCUT2D eigenvalue weighted by atomic mass is 9.86. The minimum atomic E-state index is -0.227. The van der Waals surface area contributed by atoms with Crippen LogP contribution in [-0.2, 0) is 4.79 Å². The van der Waals surface area contributed by atoms with Crippen molar-refractivity contribution in [1.82, 2.24) is 4.90 Å². The lowest BCUT2D eigenvalue weighted by Crippen LogP contribution is -2.47. The average Bonchev–Trinajstić information content (AvgIpc) is 2.79. The van der Waals surface area contributed by atoms with Crippen LogP contribution in [0.1, 0.15) is 17.9 Å².